The Morgan fingerprint density at radius 3 is 2.59 bits per heavy atom. The highest BCUT2D eigenvalue weighted by atomic mass is 32.2. The Hall–Kier alpha value is -4.61. The first-order chi connectivity index (χ1) is 20.0. The van der Waals surface area contributed by atoms with Gasteiger partial charge in [0.05, 0.1) is 26.1 Å². The molecule has 0 aliphatic carbocycles. The maximum absolute atomic E-state index is 13.4. The summed E-state index contributed by atoms with van der Waals surface area (Å²) in [5.74, 6) is -0.314. The van der Waals surface area contributed by atoms with Crippen LogP contribution in [0.1, 0.15) is 22.9 Å². The number of fused-ring (bicyclic) bond motifs is 1. The van der Waals surface area contributed by atoms with Crippen molar-refractivity contribution in [3.8, 4) is 11.5 Å². The molecule has 0 spiro atoms. The smallest absolute Gasteiger partial charge is 0.302 e. The molecular weight excluding hydrogens is 562 g/mol. The van der Waals surface area contributed by atoms with E-state index in [4.69, 9.17) is 13.9 Å². The van der Waals surface area contributed by atoms with Crippen LogP contribution in [-0.4, -0.2) is 41.2 Å². The van der Waals surface area contributed by atoms with Crippen molar-refractivity contribution in [3.05, 3.63) is 102 Å². The lowest BCUT2D eigenvalue weighted by molar-refractivity contribution is -0.132. The fraction of sp³-hybridized carbons (Fsp3) is 0.133. The zero-order chi connectivity index (χ0) is 28.5. The number of hydrogen-bond acceptors (Lipinski definition) is 10. The number of hydrogen-bond donors (Lipinski definition) is 1. The van der Waals surface area contributed by atoms with E-state index in [0.29, 0.717) is 27.4 Å². The minimum Gasteiger partial charge on any atom is -0.507 e. The Kier molecular flexibility index (Phi) is 7.21. The molecular formula is C30H23N3O6S2. The number of aliphatic hydroxyl groups is 1. The minimum atomic E-state index is -1.04. The molecule has 41 heavy (non-hydrogen) atoms. The van der Waals surface area contributed by atoms with Gasteiger partial charge in [0.2, 0.25) is 5.13 Å². The molecule has 0 radical (unpaired) electrons. The van der Waals surface area contributed by atoms with Crippen LogP contribution in [0.25, 0.3) is 16.5 Å². The van der Waals surface area contributed by atoms with E-state index in [1.807, 2.05) is 18.2 Å². The van der Waals surface area contributed by atoms with Gasteiger partial charge in [-0.2, -0.15) is 0 Å². The Morgan fingerprint density at radius 1 is 1.00 bits per heavy atom. The Balaban J connectivity index is 1.35. The molecule has 2 aromatic heterocycles. The van der Waals surface area contributed by atoms with E-state index in [0.717, 1.165) is 16.3 Å². The predicted molar refractivity (Wildman–Crippen MR) is 156 cm³/mol. The maximum atomic E-state index is 13.4. The molecule has 1 fully saturated rings. The van der Waals surface area contributed by atoms with Crippen LogP contribution in [0.3, 0.4) is 0 Å². The van der Waals surface area contributed by atoms with Crippen molar-refractivity contribution in [2.45, 2.75) is 16.1 Å². The van der Waals surface area contributed by atoms with Gasteiger partial charge in [-0.25, -0.2) is 0 Å². The standard InChI is InChI=1S/C30H23N3O6S2/c1-37-21-13-12-18(15-23(21)38-2)26(34)24-25(22-11-6-14-39-22)33(28(36)27(24)35)29-31-32-30(41-29)40-16-19-9-5-8-17-7-3-4-10-20(17)19/h3-15,25,34H,16H2,1-2H3/b26-24-. The number of nitrogens with zero attached hydrogens (tertiary/aromatic N) is 3. The summed E-state index contributed by atoms with van der Waals surface area (Å²) >= 11 is 2.69. The van der Waals surface area contributed by atoms with Gasteiger partial charge in [-0.3, -0.25) is 14.5 Å². The number of aliphatic hydroxyl groups excluding tert-OH is 1. The van der Waals surface area contributed by atoms with Gasteiger partial charge in [0.25, 0.3) is 5.78 Å². The molecule has 1 N–H and O–H groups in total. The number of anilines is 1. The highest BCUT2D eigenvalue weighted by Crippen LogP contribution is 2.45. The molecule has 1 atom stereocenters. The molecule has 1 aliphatic heterocycles. The highest BCUT2D eigenvalue weighted by Gasteiger charge is 2.49. The van der Waals surface area contributed by atoms with Crippen molar-refractivity contribution in [1.82, 2.24) is 10.2 Å². The van der Waals surface area contributed by atoms with Crippen LogP contribution in [0.5, 0.6) is 11.5 Å². The van der Waals surface area contributed by atoms with Crippen LogP contribution in [0.2, 0.25) is 0 Å². The first kappa shape index (κ1) is 26.6. The molecule has 3 heterocycles. The summed E-state index contributed by atoms with van der Waals surface area (Å²) in [5.41, 5.74) is 1.30. The van der Waals surface area contributed by atoms with E-state index >= 15 is 0 Å². The summed E-state index contributed by atoms with van der Waals surface area (Å²) in [6.07, 6.45) is 1.44. The van der Waals surface area contributed by atoms with Gasteiger partial charge < -0.3 is 19.0 Å². The van der Waals surface area contributed by atoms with Gasteiger partial charge in [-0.05, 0) is 46.7 Å². The lowest BCUT2D eigenvalue weighted by Gasteiger charge is -2.20. The number of carbonyl (C=O) groups excluding carboxylic acids is 2. The zero-order valence-corrected chi connectivity index (χ0v) is 23.6. The number of furan rings is 1. The Morgan fingerprint density at radius 2 is 1.80 bits per heavy atom. The predicted octanol–water partition coefficient (Wildman–Crippen LogP) is 6.22. The largest absolute Gasteiger partial charge is 0.507 e. The van der Waals surface area contributed by atoms with Crippen LogP contribution in [0.4, 0.5) is 5.13 Å². The molecule has 1 saturated heterocycles. The number of aromatic nitrogens is 2. The molecule has 9 nitrogen and oxygen atoms in total. The van der Waals surface area contributed by atoms with E-state index in [1.165, 1.54) is 54.5 Å². The number of amides is 1. The monoisotopic (exact) mass is 585 g/mol. The second-order valence-electron chi connectivity index (χ2n) is 9.03. The van der Waals surface area contributed by atoms with Crippen molar-refractivity contribution < 1.29 is 28.6 Å². The van der Waals surface area contributed by atoms with E-state index in [1.54, 1.807) is 24.3 Å². The normalized spacial score (nSPS) is 16.4. The lowest BCUT2D eigenvalue weighted by atomic mass is 9.99. The third-order valence-electron chi connectivity index (χ3n) is 6.75. The Bertz CT molecular complexity index is 1790. The van der Waals surface area contributed by atoms with Gasteiger partial charge in [0, 0.05) is 11.3 Å². The van der Waals surface area contributed by atoms with Crippen LogP contribution < -0.4 is 14.4 Å². The van der Waals surface area contributed by atoms with Gasteiger partial charge in [0.1, 0.15) is 17.6 Å². The minimum absolute atomic E-state index is 0.127. The van der Waals surface area contributed by atoms with Crippen molar-refractivity contribution >= 4 is 56.5 Å². The van der Waals surface area contributed by atoms with Crippen molar-refractivity contribution in [2.24, 2.45) is 0 Å². The number of Topliss-reactive ketones (excluding diaryl/α,β-unsaturated/α-hetero) is 1. The van der Waals surface area contributed by atoms with E-state index in [9.17, 15) is 14.7 Å². The van der Waals surface area contributed by atoms with Gasteiger partial charge >= 0.3 is 5.91 Å². The fourth-order valence-electron chi connectivity index (χ4n) is 4.80. The van der Waals surface area contributed by atoms with E-state index < -0.39 is 17.7 Å². The van der Waals surface area contributed by atoms with Crippen LogP contribution >= 0.6 is 23.1 Å². The van der Waals surface area contributed by atoms with Gasteiger partial charge in [-0.15, -0.1) is 10.2 Å². The van der Waals surface area contributed by atoms with Crippen molar-refractivity contribution in [1.29, 1.82) is 0 Å². The quantitative estimate of drug-likeness (QED) is 0.0745. The molecule has 206 valence electrons. The highest BCUT2D eigenvalue weighted by molar-refractivity contribution is 8.00. The number of benzene rings is 3. The molecule has 6 rings (SSSR count). The first-order valence-electron chi connectivity index (χ1n) is 12.5. The second-order valence-corrected chi connectivity index (χ2v) is 11.2. The average Bonchev–Trinajstić information content (AvgIpc) is 3.76. The van der Waals surface area contributed by atoms with Gasteiger partial charge in [0.15, 0.2) is 15.8 Å². The maximum Gasteiger partial charge on any atom is 0.302 e. The van der Waals surface area contributed by atoms with E-state index in [-0.39, 0.29) is 22.0 Å². The van der Waals surface area contributed by atoms with Crippen molar-refractivity contribution in [3.63, 3.8) is 0 Å². The zero-order valence-electron chi connectivity index (χ0n) is 21.9. The van der Waals surface area contributed by atoms with Crippen LogP contribution in [-0.2, 0) is 15.3 Å². The van der Waals surface area contributed by atoms with Crippen LogP contribution in [0, 0.1) is 0 Å². The number of ketones is 1. The third-order valence-corrected chi connectivity index (χ3v) is 8.85. The number of thioether (sulfide) groups is 1. The molecule has 1 unspecified atom stereocenters. The summed E-state index contributed by atoms with van der Waals surface area (Å²) in [6, 6.07) is 21.3. The molecule has 0 saturated carbocycles. The first-order valence-corrected chi connectivity index (χ1v) is 14.3. The summed E-state index contributed by atoms with van der Waals surface area (Å²) in [4.78, 5) is 28.0. The molecule has 5 aromatic rings. The topological polar surface area (TPSA) is 115 Å². The van der Waals surface area contributed by atoms with Crippen LogP contribution in [0.15, 0.2) is 93.4 Å². The Labute approximate surface area is 243 Å². The molecule has 1 amide bonds. The summed E-state index contributed by atoms with van der Waals surface area (Å²) in [7, 11) is 2.96. The summed E-state index contributed by atoms with van der Waals surface area (Å²) in [6.45, 7) is 0. The van der Waals surface area contributed by atoms with Gasteiger partial charge in [-0.1, -0.05) is 65.6 Å². The number of rotatable bonds is 8. The number of methoxy groups -OCH3 is 2. The summed E-state index contributed by atoms with van der Waals surface area (Å²) < 4.78 is 16.9. The summed E-state index contributed by atoms with van der Waals surface area (Å²) in [5, 5.41) is 22.4. The lowest BCUT2D eigenvalue weighted by Crippen LogP contribution is -2.29. The molecule has 1 aliphatic rings. The SMILES string of the molecule is COc1ccc(/C(O)=C2/C(=O)C(=O)N(c3nnc(SCc4cccc5ccccc45)s3)C2c2ccco2)cc1OC. The third kappa shape index (κ3) is 4.83. The number of carbonyl (C=O) groups is 2. The second kappa shape index (κ2) is 11.1. The number of ether oxygens (including phenoxy) is 2. The molecule has 3 aromatic carbocycles. The molecule has 11 heteroatoms. The van der Waals surface area contributed by atoms with E-state index in [2.05, 4.69) is 34.5 Å². The average molecular weight is 586 g/mol. The fourth-order valence-corrected chi connectivity index (χ4v) is 6.67. The molecule has 0 bridgehead atoms. The van der Waals surface area contributed by atoms with Crippen molar-refractivity contribution in [2.75, 3.05) is 19.1 Å².